The normalized spacial score (nSPS) is 13.0. The van der Waals surface area contributed by atoms with Gasteiger partial charge in [0.25, 0.3) is 0 Å². The number of para-hydroxylation sites is 2. The first kappa shape index (κ1) is 30.4. The third-order valence-corrected chi connectivity index (χ3v) is 11.2. The summed E-state index contributed by atoms with van der Waals surface area (Å²) < 4.78 is 0. The summed E-state index contributed by atoms with van der Waals surface area (Å²) in [6.07, 6.45) is 0. The maximum atomic E-state index is 2.49. The molecule has 1 aliphatic carbocycles. The lowest BCUT2D eigenvalue weighted by Gasteiger charge is -2.30. The van der Waals surface area contributed by atoms with Gasteiger partial charge in [-0.2, -0.15) is 0 Å². The minimum atomic E-state index is -0.0830. The number of hydrogen-bond acceptors (Lipinski definition) is 1. The van der Waals surface area contributed by atoms with Crippen LogP contribution in [0.15, 0.2) is 188 Å². The van der Waals surface area contributed by atoms with Crippen LogP contribution >= 0.6 is 0 Å². The molecule has 52 heavy (non-hydrogen) atoms. The molecule has 9 aromatic carbocycles. The van der Waals surface area contributed by atoms with Crippen molar-refractivity contribution in [2.45, 2.75) is 19.3 Å². The molecule has 0 heterocycles. The fourth-order valence-electron chi connectivity index (χ4n) is 8.69. The zero-order valence-corrected chi connectivity index (χ0v) is 29.3. The van der Waals surface area contributed by atoms with Crippen LogP contribution in [0.5, 0.6) is 0 Å². The molecule has 1 heteroatoms. The second-order valence-electron chi connectivity index (χ2n) is 14.5. The van der Waals surface area contributed by atoms with Crippen LogP contribution in [0.4, 0.5) is 17.1 Å². The summed E-state index contributed by atoms with van der Waals surface area (Å²) in [7, 11) is 0. The van der Waals surface area contributed by atoms with Gasteiger partial charge in [-0.25, -0.2) is 0 Å². The predicted octanol–water partition coefficient (Wildman–Crippen LogP) is 14.3. The van der Waals surface area contributed by atoms with Gasteiger partial charge in [-0.05, 0) is 96.0 Å². The van der Waals surface area contributed by atoms with Crippen molar-refractivity contribution >= 4 is 49.4 Å². The molecule has 0 amide bonds. The van der Waals surface area contributed by atoms with E-state index >= 15 is 0 Å². The van der Waals surface area contributed by atoms with Crippen LogP contribution < -0.4 is 4.90 Å². The van der Waals surface area contributed by atoms with Crippen LogP contribution in [0.2, 0.25) is 0 Å². The van der Waals surface area contributed by atoms with E-state index in [2.05, 4.69) is 207 Å². The van der Waals surface area contributed by atoms with E-state index in [1.807, 2.05) is 0 Å². The lowest BCUT2D eigenvalue weighted by Crippen LogP contribution is -2.15. The third-order valence-electron chi connectivity index (χ3n) is 11.2. The fourth-order valence-corrected chi connectivity index (χ4v) is 8.69. The highest BCUT2D eigenvalue weighted by Gasteiger charge is 2.37. The molecule has 0 saturated carbocycles. The van der Waals surface area contributed by atoms with Gasteiger partial charge in [0.2, 0.25) is 0 Å². The Morgan fingerprint density at radius 1 is 0.365 bits per heavy atom. The van der Waals surface area contributed by atoms with E-state index in [0.29, 0.717) is 0 Å². The molecule has 0 bridgehead atoms. The largest absolute Gasteiger partial charge is 0.309 e. The lowest BCUT2D eigenvalue weighted by molar-refractivity contribution is 0.660. The number of anilines is 3. The number of fused-ring (bicyclic) bond motifs is 7. The van der Waals surface area contributed by atoms with Crippen LogP contribution in [-0.2, 0) is 5.41 Å². The second-order valence-corrected chi connectivity index (χ2v) is 14.5. The number of benzene rings is 9. The van der Waals surface area contributed by atoms with Crippen molar-refractivity contribution in [2.75, 3.05) is 4.90 Å². The molecule has 0 aromatic heterocycles. The first-order valence-corrected chi connectivity index (χ1v) is 18.2. The van der Waals surface area contributed by atoms with E-state index in [-0.39, 0.29) is 5.41 Å². The van der Waals surface area contributed by atoms with E-state index < -0.39 is 0 Å². The van der Waals surface area contributed by atoms with Crippen molar-refractivity contribution < 1.29 is 0 Å². The zero-order chi connectivity index (χ0) is 34.8. The summed E-state index contributed by atoms with van der Waals surface area (Å²) in [5.41, 5.74) is 13.6. The average Bonchev–Trinajstić information content (AvgIpc) is 3.44. The fraction of sp³-hybridized carbons (Fsp3) is 0.0588. The highest BCUT2D eigenvalue weighted by molar-refractivity contribution is 6.09. The molecule has 0 aliphatic heterocycles. The molecule has 9 aromatic rings. The summed E-state index contributed by atoms with van der Waals surface area (Å²) in [5, 5.41) is 7.49. The summed E-state index contributed by atoms with van der Waals surface area (Å²) in [6.45, 7) is 4.72. The SMILES string of the molecule is CC1(C)c2ccccc2-c2c(-c3ccccc3N(c3ccc4c(ccc5ccccc54)c3)c3ccccc3-c3ccc4ccccc4c3)cccc21. The lowest BCUT2D eigenvalue weighted by atomic mass is 9.82. The van der Waals surface area contributed by atoms with Crippen LogP contribution in [0.25, 0.3) is 65.7 Å². The molecule has 0 N–H and O–H groups in total. The van der Waals surface area contributed by atoms with Gasteiger partial charge in [0.15, 0.2) is 0 Å². The first-order chi connectivity index (χ1) is 25.6. The maximum Gasteiger partial charge on any atom is 0.0540 e. The molecule has 0 unspecified atom stereocenters. The van der Waals surface area contributed by atoms with Gasteiger partial charge in [0, 0.05) is 22.2 Å². The van der Waals surface area contributed by atoms with E-state index in [0.717, 1.165) is 17.1 Å². The van der Waals surface area contributed by atoms with Crippen molar-refractivity contribution in [3.05, 3.63) is 199 Å². The average molecular weight is 664 g/mol. The maximum absolute atomic E-state index is 2.49. The second kappa shape index (κ2) is 11.8. The van der Waals surface area contributed by atoms with Crippen molar-refractivity contribution in [3.8, 4) is 33.4 Å². The Bertz CT molecular complexity index is 2840. The number of hydrogen-bond donors (Lipinski definition) is 0. The van der Waals surface area contributed by atoms with E-state index in [4.69, 9.17) is 0 Å². The van der Waals surface area contributed by atoms with Crippen LogP contribution in [-0.4, -0.2) is 0 Å². The molecule has 246 valence electrons. The molecule has 0 spiro atoms. The van der Waals surface area contributed by atoms with Gasteiger partial charge < -0.3 is 4.90 Å². The predicted molar refractivity (Wildman–Crippen MR) is 222 cm³/mol. The minimum Gasteiger partial charge on any atom is -0.309 e. The van der Waals surface area contributed by atoms with Gasteiger partial charge >= 0.3 is 0 Å². The quantitative estimate of drug-likeness (QED) is 0.166. The molecule has 0 radical (unpaired) electrons. The molecule has 1 nitrogen and oxygen atoms in total. The topological polar surface area (TPSA) is 3.24 Å². The number of rotatable bonds is 5. The Balaban J connectivity index is 1.25. The third kappa shape index (κ3) is 4.70. The van der Waals surface area contributed by atoms with Gasteiger partial charge in [-0.1, -0.05) is 172 Å². The van der Waals surface area contributed by atoms with Crippen molar-refractivity contribution in [2.24, 2.45) is 0 Å². The summed E-state index contributed by atoms with van der Waals surface area (Å²) in [5.74, 6) is 0. The van der Waals surface area contributed by atoms with Gasteiger partial charge in [-0.15, -0.1) is 0 Å². The van der Waals surface area contributed by atoms with Gasteiger partial charge in [0.1, 0.15) is 0 Å². The highest BCUT2D eigenvalue weighted by atomic mass is 15.1. The van der Waals surface area contributed by atoms with Crippen LogP contribution in [0.3, 0.4) is 0 Å². The zero-order valence-electron chi connectivity index (χ0n) is 29.3. The summed E-state index contributed by atoms with van der Waals surface area (Å²) in [4.78, 5) is 2.49. The Labute approximate surface area is 305 Å². The van der Waals surface area contributed by atoms with Gasteiger partial charge in [0.05, 0.1) is 11.4 Å². The van der Waals surface area contributed by atoms with E-state index in [1.165, 1.54) is 76.8 Å². The highest BCUT2D eigenvalue weighted by Crippen LogP contribution is 2.54. The Kier molecular flexibility index (Phi) is 6.91. The summed E-state index contributed by atoms with van der Waals surface area (Å²) in [6, 6.07) is 69.3. The van der Waals surface area contributed by atoms with E-state index in [9.17, 15) is 0 Å². The minimum absolute atomic E-state index is 0.0830. The molecule has 1 aliphatic rings. The number of nitrogens with zero attached hydrogens (tertiary/aromatic N) is 1. The molecular weight excluding hydrogens is 627 g/mol. The Morgan fingerprint density at radius 3 is 1.79 bits per heavy atom. The van der Waals surface area contributed by atoms with Crippen LogP contribution in [0.1, 0.15) is 25.0 Å². The smallest absolute Gasteiger partial charge is 0.0540 e. The first-order valence-electron chi connectivity index (χ1n) is 18.2. The standard InChI is InChI=1S/C51H37N/c1-51(2)46-22-10-7-20-45(46)50-44(21-13-23-47(50)51)43-19-9-12-25-49(43)52(39-30-31-41-38(33-39)29-27-35-15-5-6-17-40(35)41)48-24-11-8-18-42(48)37-28-26-34-14-3-4-16-36(34)32-37/h3-33H,1-2H3. The van der Waals surface area contributed by atoms with Crippen molar-refractivity contribution in [1.82, 2.24) is 0 Å². The summed E-state index contributed by atoms with van der Waals surface area (Å²) >= 11 is 0. The molecule has 0 atom stereocenters. The van der Waals surface area contributed by atoms with Crippen molar-refractivity contribution in [3.63, 3.8) is 0 Å². The van der Waals surface area contributed by atoms with Gasteiger partial charge in [-0.3, -0.25) is 0 Å². The van der Waals surface area contributed by atoms with Crippen molar-refractivity contribution in [1.29, 1.82) is 0 Å². The van der Waals surface area contributed by atoms with Crippen LogP contribution in [0, 0.1) is 0 Å². The molecule has 0 saturated heterocycles. The molecule has 10 rings (SSSR count). The Hall–Kier alpha value is -6.44. The van der Waals surface area contributed by atoms with E-state index in [1.54, 1.807) is 0 Å². The molecular formula is C51H37N. The molecule has 0 fully saturated rings. The monoisotopic (exact) mass is 663 g/mol. The Morgan fingerprint density at radius 2 is 0.942 bits per heavy atom.